The summed E-state index contributed by atoms with van der Waals surface area (Å²) >= 11 is 0. The van der Waals surface area contributed by atoms with Crippen molar-refractivity contribution in [1.29, 1.82) is 0 Å². The van der Waals surface area contributed by atoms with E-state index in [4.69, 9.17) is 9.05 Å². The summed E-state index contributed by atoms with van der Waals surface area (Å²) in [6, 6.07) is 0. The monoisotopic (exact) mass is 225 g/mol. The summed E-state index contributed by atoms with van der Waals surface area (Å²) in [7, 11) is -1.96. The molecular formula is C7H18N2O4P+. The van der Waals surface area contributed by atoms with Crippen molar-refractivity contribution < 1.29 is 24.1 Å². The van der Waals surface area contributed by atoms with Gasteiger partial charge in [-0.1, -0.05) is 0 Å². The van der Waals surface area contributed by atoms with Crippen LogP contribution in [0.5, 0.6) is 0 Å². The molecule has 6 nitrogen and oxygen atoms in total. The van der Waals surface area contributed by atoms with Crippen LogP contribution < -0.4 is 11.1 Å². The lowest BCUT2D eigenvalue weighted by molar-refractivity contribution is -0.380. The summed E-state index contributed by atoms with van der Waals surface area (Å²) in [5.74, 6) is -1.47. The zero-order chi connectivity index (χ0) is 11.2. The van der Waals surface area contributed by atoms with Crippen molar-refractivity contribution in [2.75, 3.05) is 20.3 Å². The molecule has 0 aliphatic rings. The Kier molecular flexibility index (Phi) is 5.95. The average Bonchev–Trinajstić information content (AvgIpc) is 2.16. The molecule has 4 N–H and O–H groups in total. The highest BCUT2D eigenvalue weighted by molar-refractivity contribution is 7.55. The predicted molar refractivity (Wildman–Crippen MR) is 51.6 cm³/mol. The number of hydrogen-bond donors (Lipinski definition) is 2. The zero-order valence-corrected chi connectivity index (χ0v) is 9.67. The molecule has 0 spiro atoms. The van der Waals surface area contributed by atoms with Crippen molar-refractivity contribution >= 4 is 13.5 Å². The molecule has 0 saturated heterocycles. The van der Waals surface area contributed by atoms with Crippen LogP contribution in [0.1, 0.15) is 13.8 Å². The molecule has 0 aromatic heterocycles. The van der Waals surface area contributed by atoms with Gasteiger partial charge in [0.05, 0.1) is 13.2 Å². The van der Waals surface area contributed by atoms with E-state index in [-0.39, 0.29) is 13.2 Å². The van der Waals surface area contributed by atoms with Gasteiger partial charge in [-0.25, -0.2) is 0 Å². The number of amides is 1. The van der Waals surface area contributed by atoms with Gasteiger partial charge in [-0.2, -0.15) is 0 Å². The molecule has 7 heteroatoms. The number of carbonyl (C=O) groups excluding carboxylic acids is 1. The Morgan fingerprint density at radius 2 is 1.86 bits per heavy atom. The van der Waals surface area contributed by atoms with Crippen molar-refractivity contribution in [1.82, 2.24) is 5.32 Å². The van der Waals surface area contributed by atoms with Gasteiger partial charge in [0.15, 0.2) is 0 Å². The maximum Gasteiger partial charge on any atom is 0.397 e. The standard InChI is InChI=1S/C7H17N2O4P/c1-4-12-14(11,13-5-2)6(8)7(10)9-3/h6H,4-5,8H2,1-3H3,(H,9,10)/p+1. The summed E-state index contributed by atoms with van der Waals surface area (Å²) in [5.41, 5.74) is 3.49. The molecule has 0 saturated carbocycles. The van der Waals surface area contributed by atoms with Crippen LogP contribution in [0.15, 0.2) is 0 Å². The average molecular weight is 225 g/mol. The Labute approximate surface area is 83.7 Å². The fourth-order valence-electron chi connectivity index (χ4n) is 0.887. The first kappa shape index (κ1) is 13.6. The first-order valence-corrected chi connectivity index (χ1v) is 6.06. The van der Waals surface area contributed by atoms with E-state index in [1.165, 1.54) is 7.05 Å². The maximum atomic E-state index is 11.9. The van der Waals surface area contributed by atoms with Crippen molar-refractivity contribution in [2.45, 2.75) is 19.6 Å². The number of carbonyl (C=O) groups is 1. The molecule has 0 radical (unpaired) electrons. The lowest BCUT2D eigenvalue weighted by Crippen LogP contribution is -2.67. The SMILES string of the molecule is CCOP(=O)(OCC)C([NH3+])C(=O)NC. The molecule has 1 unspecified atom stereocenters. The molecule has 0 heterocycles. The van der Waals surface area contributed by atoms with E-state index < -0.39 is 19.3 Å². The summed E-state index contributed by atoms with van der Waals surface area (Å²) < 4.78 is 21.9. The normalized spacial score (nSPS) is 13.7. The molecule has 0 bridgehead atoms. The molecule has 1 atom stereocenters. The Balaban J connectivity index is 4.63. The third-order valence-corrected chi connectivity index (χ3v) is 3.78. The summed E-state index contributed by atoms with van der Waals surface area (Å²) in [4.78, 5) is 11.2. The van der Waals surface area contributed by atoms with E-state index >= 15 is 0 Å². The van der Waals surface area contributed by atoms with Gasteiger partial charge < -0.3 is 20.1 Å². The van der Waals surface area contributed by atoms with Crippen LogP contribution in [0.25, 0.3) is 0 Å². The third kappa shape index (κ3) is 3.38. The van der Waals surface area contributed by atoms with Crippen LogP contribution >= 0.6 is 7.60 Å². The molecule has 84 valence electrons. The van der Waals surface area contributed by atoms with E-state index in [1.54, 1.807) is 13.8 Å². The minimum Gasteiger partial charge on any atom is -0.353 e. The lowest BCUT2D eigenvalue weighted by Gasteiger charge is -2.18. The Bertz CT molecular complexity index is 224. The van der Waals surface area contributed by atoms with Crippen LogP contribution in [0, 0.1) is 0 Å². The number of quaternary nitrogens is 1. The van der Waals surface area contributed by atoms with Crippen LogP contribution in [0.2, 0.25) is 0 Å². The molecular weight excluding hydrogens is 207 g/mol. The summed E-state index contributed by atoms with van der Waals surface area (Å²) in [6.45, 7) is 3.81. The van der Waals surface area contributed by atoms with Gasteiger partial charge >= 0.3 is 7.60 Å². The molecule has 14 heavy (non-hydrogen) atoms. The molecule has 0 fully saturated rings. The second kappa shape index (κ2) is 6.14. The highest BCUT2D eigenvalue weighted by atomic mass is 31.2. The Morgan fingerprint density at radius 1 is 1.43 bits per heavy atom. The highest BCUT2D eigenvalue weighted by Gasteiger charge is 2.41. The van der Waals surface area contributed by atoms with Gasteiger partial charge in [-0.15, -0.1) is 0 Å². The minimum absolute atomic E-state index is 0.223. The molecule has 0 aliphatic carbocycles. The van der Waals surface area contributed by atoms with Crippen molar-refractivity contribution in [3.63, 3.8) is 0 Å². The number of likely N-dealkylation sites (N-methyl/N-ethyl adjacent to an activating group) is 1. The van der Waals surface area contributed by atoms with Gasteiger partial charge in [0.25, 0.3) is 11.7 Å². The van der Waals surface area contributed by atoms with E-state index in [9.17, 15) is 9.36 Å². The van der Waals surface area contributed by atoms with E-state index in [1.807, 2.05) is 0 Å². The third-order valence-electron chi connectivity index (χ3n) is 1.55. The van der Waals surface area contributed by atoms with Crippen LogP contribution in [-0.2, 0) is 18.4 Å². The van der Waals surface area contributed by atoms with Crippen LogP contribution in [0.3, 0.4) is 0 Å². The van der Waals surface area contributed by atoms with Gasteiger partial charge in [0.2, 0.25) is 0 Å². The first-order chi connectivity index (χ1) is 6.51. The van der Waals surface area contributed by atoms with Gasteiger partial charge in [0.1, 0.15) is 0 Å². The van der Waals surface area contributed by atoms with Gasteiger partial charge in [-0.3, -0.25) is 9.36 Å². The summed E-state index contributed by atoms with van der Waals surface area (Å²) in [5, 5.41) is 2.35. The number of nitrogens with one attached hydrogen (secondary N) is 1. The number of hydrogen-bond acceptors (Lipinski definition) is 4. The first-order valence-electron chi connectivity index (χ1n) is 4.45. The topological polar surface area (TPSA) is 92.3 Å². The molecule has 0 aliphatic heterocycles. The Morgan fingerprint density at radius 3 is 2.14 bits per heavy atom. The zero-order valence-electron chi connectivity index (χ0n) is 8.78. The summed E-state index contributed by atoms with van der Waals surface area (Å²) in [6.07, 6.45) is 0. The molecule has 0 aromatic carbocycles. The highest BCUT2D eigenvalue weighted by Crippen LogP contribution is 2.50. The van der Waals surface area contributed by atoms with Gasteiger partial charge in [0, 0.05) is 7.05 Å². The maximum absolute atomic E-state index is 11.9. The molecule has 1 amide bonds. The van der Waals surface area contributed by atoms with Crippen LogP contribution in [0.4, 0.5) is 0 Å². The van der Waals surface area contributed by atoms with Crippen molar-refractivity contribution in [2.24, 2.45) is 0 Å². The quantitative estimate of drug-likeness (QED) is 0.600. The lowest BCUT2D eigenvalue weighted by atomic mass is 10.6. The second-order valence-corrected chi connectivity index (χ2v) is 4.72. The smallest absolute Gasteiger partial charge is 0.353 e. The van der Waals surface area contributed by atoms with E-state index in [0.29, 0.717) is 0 Å². The molecule has 0 aromatic rings. The van der Waals surface area contributed by atoms with Crippen LogP contribution in [-0.4, -0.2) is 32.0 Å². The van der Waals surface area contributed by atoms with Gasteiger partial charge in [-0.05, 0) is 13.8 Å². The van der Waals surface area contributed by atoms with Crippen molar-refractivity contribution in [3.8, 4) is 0 Å². The second-order valence-electron chi connectivity index (χ2n) is 2.51. The van der Waals surface area contributed by atoms with Crippen molar-refractivity contribution in [3.05, 3.63) is 0 Å². The van der Waals surface area contributed by atoms with E-state index in [0.717, 1.165) is 0 Å². The fourth-order valence-corrected chi connectivity index (χ4v) is 2.46. The predicted octanol–water partition coefficient (Wildman–Crippen LogP) is -0.433. The van der Waals surface area contributed by atoms with E-state index in [2.05, 4.69) is 11.1 Å². The largest absolute Gasteiger partial charge is 0.397 e. The fraction of sp³-hybridized carbons (Fsp3) is 0.857. The minimum atomic E-state index is -3.41. The Hall–Kier alpha value is -0.420. The molecule has 0 rings (SSSR count). The number of rotatable bonds is 6.